The largest absolute Gasteiger partial charge is 0.493 e. The second-order valence-corrected chi connectivity index (χ2v) is 8.63. The van der Waals surface area contributed by atoms with Crippen molar-refractivity contribution in [3.05, 3.63) is 89.0 Å². The van der Waals surface area contributed by atoms with E-state index in [1.165, 1.54) is 5.56 Å². The van der Waals surface area contributed by atoms with Crippen LogP contribution in [0.15, 0.2) is 66.7 Å². The number of nitriles is 1. The number of hydrogen-bond acceptors (Lipinski definition) is 5. The van der Waals surface area contributed by atoms with Crippen molar-refractivity contribution in [3.8, 4) is 17.6 Å². The zero-order valence-corrected chi connectivity index (χ0v) is 21.3. The van der Waals surface area contributed by atoms with E-state index in [-0.39, 0.29) is 5.91 Å². The van der Waals surface area contributed by atoms with Gasteiger partial charge >= 0.3 is 0 Å². The molecule has 1 N–H and O–H groups in total. The molecule has 3 aromatic carbocycles. The van der Waals surface area contributed by atoms with E-state index in [1.54, 1.807) is 44.6 Å². The normalized spacial score (nSPS) is 11.4. The standard InChI is InChI=1S/C30H34N2O4/c1-4-27(34-2)8-6-5-7-22-13-16-26(17-14-22)32-30(33)25-15-18-28(29(19-25)35-3)36-21-24-11-9-23(20-31)10-12-24/h9-19,27H,4-8,21H2,1-3H3,(H,32,33). The first-order valence-electron chi connectivity index (χ1n) is 12.3. The lowest BCUT2D eigenvalue weighted by Crippen LogP contribution is -2.12. The lowest BCUT2D eigenvalue weighted by atomic mass is 10.0. The number of carbonyl (C=O) groups excluding carboxylic acids is 1. The number of amides is 1. The first-order chi connectivity index (χ1) is 17.6. The van der Waals surface area contributed by atoms with Crippen LogP contribution in [-0.4, -0.2) is 26.2 Å². The number of anilines is 1. The van der Waals surface area contributed by atoms with Crippen molar-refractivity contribution in [1.82, 2.24) is 0 Å². The van der Waals surface area contributed by atoms with Crippen molar-refractivity contribution in [3.63, 3.8) is 0 Å². The van der Waals surface area contributed by atoms with Crippen LogP contribution >= 0.6 is 0 Å². The summed E-state index contributed by atoms with van der Waals surface area (Å²) in [6, 6.07) is 22.4. The Morgan fingerprint density at radius 1 is 0.944 bits per heavy atom. The Hall–Kier alpha value is -3.82. The van der Waals surface area contributed by atoms with Crippen molar-refractivity contribution < 1.29 is 19.0 Å². The highest BCUT2D eigenvalue weighted by Gasteiger charge is 2.12. The predicted molar refractivity (Wildman–Crippen MR) is 142 cm³/mol. The molecule has 0 fully saturated rings. The van der Waals surface area contributed by atoms with Crippen LogP contribution in [0, 0.1) is 11.3 Å². The molecule has 1 unspecified atom stereocenters. The average Bonchev–Trinajstić information content (AvgIpc) is 2.93. The first-order valence-corrected chi connectivity index (χ1v) is 12.3. The Morgan fingerprint density at radius 2 is 1.67 bits per heavy atom. The molecule has 0 saturated carbocycles. The summed E-state index contributed by atoms with van der Waals surface area (Å²) >= 11 is 0. The third-order valence-electron chi connectivity index (χ3n) is 6.15. The Kier molecular flexibility index (Phi) is 10.3. The van der Waals surface area contributed by atoms with Crippen LogP contribution in [0.25, 0.3) is 0 Å². The zero-order chi connectivity index (χ0) is 25.8. The van der Waals surface area contributed by atoms with Crippen molar-refractivity contribution in [1.29, 1.82) is 5.26 Å². The maximum absolute atomic E-state index is 12.8. The summed E-state index contributed by atoms with van der Waals surface area (Å²) in [6.45, 7) is 2.48. The topological polar surface area (TPSA) is 80.6 Å². The molecule has 0 saturated heterocycles. The third kappa shape index (κ3) is 7.86. The number of methoxy groups -OCH3 is 2. The molecule has 36 heavy (non-hydrogen) atoms. The van der Waals surface area contributed by atoms with Crippen molar-refractivity contribution >= 4 is 11.6 Å². The molecule has 0 radical (unpaired) electrons. The molecule has 188 valence electrons. The minimum Gasteiger partial charge on any atom is -0.493 e. The van der Waals surface area contributed by atoms with E-state index in [9.17, 15) is 4.79 Å². The third-order valence-corrected chi connectivity index (χ3v) is 6.15. The molecule has 0 bridgehead atoms. The number of aryl methyl sites for hydroxylation is 1. The monoisotopic (exact) mass is 486 g/mol. The van der Waals surface area contributed by atoms with Gasteiger partial charge in [0.05, 0.1) is 24.8 Å². The Balaban J connectivity index is 1.53. The molecule has 1 amide bonds. The van der Waals surface area contributed by atoms with E-state index in [1.807, 2.05) is 24.3 Å². The molecule has 3 rings (SSSR count). The van der Waals surface area contributed by atoms with Gasteiger partial charge in [0.1, 0.15) is 6.61 Å². The minimum atomic E-state index is -0.218. The van der Waals surface area contributed by atoms with Gasteiger partial charge in [-0.25, -0.2) is 0 Å². The van der Waals surface area contributed by atoms with Crippen LogP contribution in [-0.2, 0) is 17.8 Å². The lowest BCUT2D eigenvalue weighted by molar-refractivity contribution is 0.0899. The molecular weight excluding hydrogens is 452 g/mol. The molecule has 3 aromatic rings. The maximum atomic E-state index is 12.8. The molecule has 6 heteroatoms. The van der Waals surface area contributed by atoms with Crippen LogP contribution < -0.4 is 14.8 Å². The van der Waals surface area contributed by atoms with Gasteiger partial charge in [0.25, 0.3) is 5.91 Å². The number of hydrogen-bond donors (Lipinski definition) is 1. The first kappa shape index (κ1) is 26.8. The van der Waals surface area contributed by atoms with E-state index < -0.39 is 0 Å². The van der Waals surface area contributed by atoms with Crippen LogP contribution in [0.2, 0.25) is 0 Å². The van der Waals surface area contributed by atoms with Crippen molar-refractivity contribution in [2.75, 3.05) is 19.5 Å². The quantitative estimate of drug-likeness (QED) is 0.278. The highest BCUT2D eigenvalue weighted by Crippen LogP contribution is 2.29. The summed E-state index contributed by atoms with van der Waals surface area (Å²) in [5.74, 6) is 0.800. The van der Waals surface area contributed by atoms with Gasteiger partial charge in [0.15, 0.2) is 11.5 Å². The molecule has 0 aliphatic heterocycles. The van der Waals surface area contributed by atoms with E-state index in [2.05, 4.69) is 30.4 Å². The maximum Gasteiger partial charge on any atom is 0.255 e. The fraction of sp³-hybridized carbons (Fsp3) is 0.333. The summed E-state index contributed by atoms with van der Waals surface area (Å²) in [5, 5.41) is 11.9. The fourth-order valence-electron chi connectivity index (χ4n) is 3.91. The lowest BCUT2D eigenvalue weighted by Gasteiger charge is -2.13. The van der Waals surface area contributed by atoms with Gasteiger partial charge in [0, 0.05) is 18.4 Å². The Labute approximate surface area is 213 Å². The minimum absolute atomic E-state index is 0.218. The summed E-state index contributed by atoms with van der Waals surface area (Å²) in [4.78, 5) is 12.8. The van der Waals surface area contributed by atoms with Gasteiger partial charge in [-0.05, 0) is 79.3 Å². The van der Waals surface area contributed by atoms with Gasteiger partial charge in [-0.15, -0.1) is 0 Å². The molecule has 0 spiro atoms. The molecule has 0 heterocycles. The number of benzene rings is 3. The van der Waals surface area contributed by atoms with Gasteiger partial charge in [-0.2, -0.15) is 5.26 Å². The highest BCUT2D eigenvalue weighted by atomic mass is 16.5. The van der Waals surface area contributed by atoms with E-state index in [0.717, 1.165) is 43.4 Å². The van der Waals surface area contributed by atoms with Gasteiger partial charge < -0.3 is 19.5 Å². The molecular formula is C30H34N2O4. The number of carbonyl (C=O) groups is 1. The average molecular weight is 487 g/mol. The Morgan fingerprint density at radius 3 is 2.31 bits per heavy atom. The SMILES string of the molecule is CCC(CCCCc1ccc(NC(=O)c2ccc(OCc3ccc(C#N)cc3)c(OC)c2)cc1)OC. The summed E-state index contributed by atoms with van der Waals surface area (Å²) in [6.07, 6.45) is 5.75. The summed E-state index contributed by atoms with van der Waals surface area (Å²) < 4.78 is 16.8. The number of nitrogens with zero attached hydrogens (tertiary/aromatic N) is 1. The van der Waals surface area contributed by atoms with E-state index >= 15 is 0 Å². The molecule has 0 aliphatic carbocycles. The molecule has 0 aromatic heterocycles. The molecule has 1 atom stereocenters. The number of rotatable bonds is 13. The fourth-order valence-corrected chi connectivity index (χ4v) is 3.91. The smallest absolute Gasteiger partial charge is 0.255 e. The van der Waals surface area contributed by atoms with Crippen LogP contribution in [0.1, 0.15) is 59.7 Å². The van der Waals surface area contributed by atoms with Gasteiger partial charge in [-0.3, -0.25) is 4.79 Å². The van der Waals surface area contributed by atoms with Crippen LogP contribution in [0.4, 0.5) is 5.69 Å². The summed E-state index contributed by atoms with van der Waals surface area (Å²) in [7, 11) is 3.32. The van der Waals surface area contributed by atoms with E-state index in [4.69, 9.17) is 19.5 Å². The molecule has 0 aliphatic rings. The van der Waals surface area contributed by atoms with Crippen molar-refractivity contribution in [2.45, 2.75) is 51.7 Å². The van der Waals surface area contributed by atoms with Crippen LogP contribution in [0.5, 0.6) is 11.5 Å². The predicted octanol–water partition coefficient (Wildman–Crippen LogP) is 6.54. The van der Waals surface area contributed by atoms with Gasteiger partial charge in [-0.1, -0.05) is 37.6 Å². The Bertz CT molecular complexity index is 1150. The highest BCUT2D eigenvalue weighted by molar-refractivity contribution is 6.04. The number of ether oxygens (including phenoxy) is 3. The second-order valence-electron chi connectivity index (χ2n) is 8.63. The number of nitrogens with one attached hydrogen (secondary N) is 1. The number of unbranched alkanes of at least 4 members (excludes halogenated alkanes) is 1. The van der Waals surface area contributed by atoms with Crippen molar-refractivity contribution in [2.24, 2.45) is 0 Å². The van der Waals surface area contributed by atoms with Crippen LogP contribution in [0.3, 0.4) is 0 Å². The zero-order valence-electron chi connectivity index (χ0n) is 21.3. The van der Waals surface area contributed by atoms with Gasteiger partial charge in [0.2, 0.25) is 0 Å². The molecule has 6 nitrogen and oxygen atoms in total. The van der Waals surface area contributed by atoms with E-state index in [0.29, 0.717) is 35.3 Å². The summed E-state index contributed by atoms with van der Waals surface area (Å²) in [5.41, 5.74) is 4.01. The second kappa shape index (κ2) is 13.9.